The van der Waals surface area contributed by atoms with E-state index in [1.54, 1.807) is 6.20 Å². The SMILES string of the molecule is COC(=O)C[C@H](N)c1cncc(-c2c(C)cccc2C)c1. The number of carbonyl (C=O) groups excluding carboxylic acids is 1. The van der Waals surface area contributed by atoms with Gasteiger partial charge in [-0.15, -0.1) is 0 Å². The predicted octanol–water partition coefficient (Wildman–Crippen LogP) is 2.93. The number of ether oxygens (including phenoxy) is 1. The highest BCUT2D eigenvalue weighted by Crippen LogP contribution is 2.28. The lowest BCUT2D eigenvalue weighted by Crippen LogP contribution is -2.16. The van der Waals surface area contributed by atoms with E-state index in [1.165, 1.54) is 18.2 Å². The van der Waals surface area contributed by atoms with E-state index in [0.29, 0.717) is 0 Å². The van der Waals surface area contributed by atoms with Crippen molar-refractivity contribution in [2.75, 3.05) is 7.11 Å². The largest absolute Gasteiger partial charge is 0.469 e. The molecule has 0 fully saturated rings. The number of hydrogen-bond acceptors (Lipinski definition) is 4. The van der Waals surface area contributed by atoms with Crippen LogP contribution in [0.2, 0.25) is 0 Å². The van der Waals surface area contributed by atoms with Crippen LogP contribution in [0, 0.1) is 13.8 Å². The van der Waals surface area contributed by atoms with Gasteiger partial charge in [-0.25, -0.2) is 0 Å². The maximum absolute atomic E-state index is 11.3. The minimum atomic E-state index is -0.408. The van der Waals surface area contributed by atoms with Gasteiger partial charge >= 0.3 is 5.97 Å². The van der Waals surface area contributed by atoms with Crippen LogP contribution in [0.3, 0.4) is 0 Å². The summed E-state index contributed by atoms with van der Waals surface area (Å²) in [5, 5.41) is 0. The lowest BCUT2D eigenvalue weighted by molar-refractivity contribution is -0.141. The first kappa shape index (κ1) is 15.2. The van der Waals surface area contributed by atoms with Crippen molar-refractivity contribution >= 4 is 5.97 Å². The van der Waals surface area contributed by atoms with Gasteiger partial charge in [-0.1, -0.05) is 18.2 Å². The van der Waals surface area contributed by atoms with Gasteiger partial charge in [0, 0.05) is 24.0 Å². The van der Waals surface area contributed by atoms with Crippen LogP contribution >= 0.6 is 0 Å². The summed E-state index contributed by atoms with van der Waals surface area (Å²) in [5.74, 6) is -0.319. The van der Waals surface area contributed by atoms with Crippen molar-refractivity contribution < 1.29 is 9.53 Å². The van der Waals surface area contributed by atoms with Gasteiger partial charge in [0.05, 0.1) is 13.5 Å². The number of rotatable bonds is 4. The fraction of sp³-hybridized carbons (Fsp3) is 0.294. The fourth-order valence-corrected chi connectivity index (χ4v) is 2.45. The van der Waals surface area contributed by atoms with E-state index in [2.05, 4.69) is 35.7 Å². The van der Waals surface area contributed by atoms with E-state index in [4.69, 9.17) is 5.73 Å². The van der Waals surface area contributed by atoms with E-state index < -0.39 is 6.04 Å². The fourth-order valence-electron chi connectivity index (χ4n) is 2.45. The van der Waals surface area contributed by atoms with Crippen LogP contribution in [0.5, 0.6) is 0 Å². The van der Waals surface area contributed by atoms with Crippen LogP contribution < -0.4 is 5.73 Å². The monoisotopic (exact) mass is 284 g/mol. The lowest BCUT2D eigenvalue weighted by atomic mass is 9.95. The normalized spacial score (nSPS) is 12.0. The second kappa shape index (κ2) is 6.50. The summed E-state index contributed by atoms with van der Waals surface area (Å²) in [5.41, 5.74) is 11.4. The number of nitrogens with two attached hydrogens (primary N) is 1. The lowest BCUT2D eigenvalue weighted by Gasteiger charge is -2.14. The van der Waals surface area contributed by atoms with Crippen molar-refractivity contribution in [3.05, 3.63) is 53.3 Å². The molecule has 1 aromatic heterocycles. The zero-order valence-electron chi connectivity index (χ0n) is 12.6. The van der Waals surface area contributed by atoms with Gasteiger partial charge in [-0.2, -0.15) is 0 Å². The Labute approximate surface area is 125 Å². The molecule has 2 aromatic rings. The number of nitrogens with zero attached hydrogens (tertiary/aromatic N) is 1. The number of esters is 1. The third-order valence-electron chi connectivity index (χ3n) is 3.57. The van der Waals surface area contributed by atoms with Gasteiger partial charge in [0.1, 0.15) is 0 Å². The van der Waals surface area contributed by atoms with Crippen molar-refractivity contribution in [1.82, 2.24) is 4.98 Å². The van der Waals surface area contributed by atoms with E-state index in [-0.39, 0.29) is 12.4 Å². The molecule has 0 radical (unpaired) electrons. The minimum Gasteiger partial charge on any atom is -0.469 e. The van der Waals surface area contributed by atoms with E-state index in [9.17, 15) is 4.79 Å². The summed E-state index contributed by atoms with van der Waals surface area (Å²) in [6.45, 7) is 4.15. The Morgan fingerprint density at radius 3 is 2.57 bits per heavy atom. The molecule has 4 heteroatoms. The molecule has 0 aliphatic carbocycles. The molecule has 21 heavy (non-hydrogen) atoms. The van der Waals surface area contributed by atoms with Crippen molar-refractivity contribution in [3.8, 4) is 11.1 Å². The molecule has 2 rings (SSSR count). The summed E-state index contributed by atoms with van der Waals surface area (Å²) in [7, 11) is 1.36. The highest BCUT2D eigenvalue weighted by molar-refractivity contribution is 5.72. The van der Waals surface area contributed by atoms with Crippen molar-refractivity contribution in [1.29, 1.82) is 0 Å². The second-order valence-electron chi connectivity index (χ2n) is 5.16. The highest BCUT2D eigenvalue weighted by Gasteiger charge is 2.14. The van der Waals surface area contributed by atoms with E-state index in [1.807, 2.05) is 18.3 Å². The highest BCUT2D eigenvalue weighted by atomic mass is 16.5. The Morgan fingerprint density at radius 2 is 1.95 bits per heavy atom. The Morgan fingerprint density at radius 1 is 1.29 bits per heavy atom. The van der Waals surface area contributed by atoms with Crippen LogP contribution in [0.1, 0.15) is 29.2 Å². The van der Waals surface area contributed by atoms with Crippen LogP contribution in [-0.2, 0) is 9.53 Å². The van der Waals surface area contributed by atoms with E-state index >= 15 is 0 Å². The van der Waals surface area contributed by atoms with Gasteiger partial charge in [0.25, 0.3) is 0 Å². The number of pyridine rings is 1. The average molecular weight is 284 g/mol. The van der Waals surface area contributed by atoms with Crippen molar-refractivity contribution in [2.24, 2.45) is 5.73 Å². The quantitative estimate of drug-likeness (QED) is 0.877. The Kier molecular flexibility index (Phi) is 4.70. The smallest absolute Gasteiger partial charge is 0.307 e. The van der Waals surface area contributed by atoms with Crippen molar-refractivity contribution in [3.63, 3.8) is 0 Å². The molecule has 2 N–H and O–H groups in total. The first-order valence-corrected chi connectivity index (χ1v) is 6.87. The number of benzene rings is 1. The minimum absolute atomic E-state index is 0.147. The Bertz CT molecular complexity index is 633. The third kappa shape index (κ3) is 3.47. The number of methoxy groups -OCH3 is 1. The van der Waals surface area contributed by atoms with Gasteiger partial charge in [-0.05, 0) is 42.2 Å². The molecule has 4 nitrogen and oxygen atoms in total. The molecule has 1 heterocycles. The summed E-state index contributed by atoms with van der Waals surface area (Å²) < 4.78 is 4.66. The average Bonchev–Trinajstić information content (AvgIpc) is 2.47. The van der Waals surface area contributed by atoms with Gasteiger partial charge in [0.2, 0.25) is 0 Å². The first-order chi connectivity index (χ1) is 10.0. The molecule has 0 saturated heterocycles. The Balaban J connectivity index is 2.36. The number of aromatic nitrogens is 1. The molecule has 110 valence electrons. The van der Waals surface area contributed by atoms with E-state index in [0.717, 1.165) is 16.7 Å². The summed E-state index contributed by atoms with van der Waals surface area (Å²) in [6.07, 6.45) is 3.67. The summed E-state index contributed by atoms with van der Waals surface area (Å²) in [6, 6.07) is 7.77. The molecule has 0 bridgehead atoms. The molecule has 0 spiro atoms. The molecule has 0 unspecified atom stereocenters. The Hall–Kier alpha value is -2.20. The molecule has 0 saturated carbocycles. The van der Waals surface area contributed by atoms with Crippen LogP contribution in [0.25, 0.3) is 11.1 Å². The first-order valence-electron chi connectivity index (χ1n) is 6.87. The predicted molar refractivity (Wildman–Crippen MR) is 82.7 cm³/mol. The number of carbonyl (C=O) groups is 1. The van der Waals surface area contributed by atoms with Crippen LogP contribution in [0.4, 0.5) is 0 Å². The molecule has 1 aromatic carbocycles. The van der Waals surface area contributed by atoms with Crippen LogP contribution in [-0.4, -0.2) is 18.1 Å². The maximum Gasteiger partial charge on any atom is 0.307 e. The number of hydrogen-bond donors (Lipinski definition) is 1. The molecule has 0 aliphatic heterocycles. The van der Waals surface area contributed by atoms with Gasteiger partial charge in [-0.3, -0.25) is 9.78 Å². The van der Waals surface area contributed by atoms with Crippen molar-refractivity contribution in [2.45, 2.75) is 26.3 Å². The van der Waals surface area contributed by atoms with Crippen LogP contribution in [0.15, 0.2) is 36.7 Å². The summed E-state index contributed by atoms with van der Waals surface area (Å²) >= 11 is 0. The molecule has 0 amide bonds. The number of aryl methyl sites for hydroxylation is 2. The summed E-state index contributed by atoms with van der Waals surface area (Å²) in [4.78, 5) is 15.6. The zero-order valence-corrected chi connectivity index (χ0v) is 12.6. The molecular weight excluding hydrogens is 264 g/mol. The van der Waals surface area contributed by atoms with Gasteiger partial charge < -0.3 is 10.5 Å². The zero-order chi connectivity index (χ0) is 15.4. The maximum atomic E-state index is 11.3. The third-order valence-corrected chi connectivity index (χ3v) is 3.57. The molecule has 1 atom stereocenters. The standard InChI is InChI=1S/C17H20N2O2/c1-11-5-4-6-12(2)17(11)14-7-13(9-19-10-14)15(18)8-16(20)21-3/h4-7,9-10,15H,8,18H2,1-3H3/t15-/m0/s1. The van der Waals surface area contributed by atoms with Gasteiger partial charge in [0.15, 0.2) is 0 Å². The molecule has 0 aliphatic rings. The molecular formula is C17H20N2O2. The second-order valence-corrected chi connectivity index (χ2v) is 5.16. The topological polar surface area (TPSA) is 65.2 Å².